The molecule has 1 amide bonds. The molecule has 3 heterocycles. The second kappa shape index (κ2) is 7.94. The van der Waals surface area contributed by atoms with Gasteiger partial charge in [0.25, 0.3) is 5.91 Å². The van der Waals surface area contributed by atoms with Gasteiger partial charge < -0.3 is 9.88 Å². The number of anilines is 1. The highest BCUT2D eigenvalue weighted by atomic mass is 16.1. The molecule has 0 spiro atoms. The maximum Gasteiger partial charge on any atom is 0.258 e. The number of aryl methyl sites for hydroxylation is 1. The average molecular weight is 398 g/mol. The van der Waals surface area contributed by atoms with Gasteiger partial charge in [-0.2, -0.15) is 5.10 Å². The van der Waals surface area contributed by atoms with Crippen LogP contribution in [0.2, 0.25) is 0 Å². The number of nitrogens with zero attached hydrogens (tertiary/aromatic N) is 5. The van der Waals surface area contributed by atoms with Crippen molar-refractivity contribution in [3.05, 3.63) is 78.4 Å². The summed E-state index contributed by atoms with van der Waals surface area (Å²) >= 11 is 0. The molecule has 0 saturated heterocycles. The van der Waals surface area contributed by atoms with Crippen molar-refractivity contribution in [1.82, 2.24) is 24.5 Å². The largest absolute Gasteiger partial charge is 0.322 e. The molecule has 2 aromatic heterocycles. The Morgan fingerprint density at radius 2 is 1.87 bits per heavy atom. The van der Waals surface area contributed by atoms with E-state index < -0.39 is 0 Å². The fourth-order valence-corrected chi connectivity index (χ4v) is 3.80. The molecule has 150 valence electrons. The van der Waals surface area contributed by atoms with Crippen LogP contribution in [0, 0.1) is 0 Å². The van der Waals surface area contributed by atoms with E-state index in [9.17, 15) is 4.79 Å². The Bertz CT molecular complexity index is 1180. The van der Waals surface area contributed by atoms with Crippen molar-refractivity contribution in [3.63, 3.8) is 0 Å². The van der Waals surface area contributed by atoms with Crippen molar-refractivity contribution in [2.24, 2.45) is 0 Å². The fourth-order valence-electron chi connectivity index (χ4n) is 3.80. The Labute approximate surface area is 174 Å². The van der Waals surface area contributed by atoms with E-state index in [0.29, 0.717) is 5.56 Å². The Hall–Kier alpha value is -3.74. The van der Waals surface area contributed by atoms with Crippen LogP contribution < -0.4 is 5.32 Å². The normalized spacial score (nSPS) is 13.5. The predicted octanol–water partition coefficient (Wildman–Crippen LogP) is 4.11. The van der Waals surface area contributed by atoms with Gasteiger partial charge in [-0.1, -0.05) is 36.8 Å². The Balaban J connectivity index is 1.36. The number of carbonyl (C=O) groups is 1. The molecule has 0 radical (unpaired) electrons. The van der Waals surface area contributed by atoms with E-state index in [1.807, 2.05) is 54.6 Å². The summed E-state index contributed by atoms with van der Waals surface area (Å²) in [6.45, 7) is 0.937. The van der Waals surface area contributed by atoms with Crippen molar-refractivity contribution in [1.29, 1.82) is 0 Å². The first-order chi connectivity index (χ1) is 14.8. The van der Waals surface area contributed by atoms with Crippen LogP contribution in [0.5, 0.6) is 0 Å². The summed E-state index contributed by atoms with van der Waals surface area (Å²) < 4.78 is 3.90. The van der Waals surface area contributed by atoms with Gasteiger partial charge in [0, 0.05) is 30.4 Å². The first-order valence-electron chi connectivity index (χ1n) is 10.2. The van der Waals surface area contributed by atoms with Crippen LogP contribution in [0.4, 0.5) is 5.69 Å². The van der Waals surface area contributed by atoms with E-state index in [1.165, 1.54) is 6.42 Å². The molecule has 0 fully saturated rings. The van der Waals surface area contributed by atoms with Crippen LogP contribution in [-0.2, 0) is 13.0 Å². The topological polar surface area (TPSA) is 77.6 Å². The summed E-state index contributed by atoms with van der Waals surface area (Å²) in [7, 11) is 0. The van der Waals surface area contributed by atoms with Crippen LogP contribution in [0.3, 0.4) is 0 Å². The first kappa shape index (κ1) is 18.3. The molecule has 30 heavy (non-hydrogen) atoms. The molecular weight excluding hydrogens is 376 g/mol. The zero-order chi connectivity index (χ0) is 20.3. The summed E-state index contributed by atoms with van der Waals surface area (Å²) in [6, 6.07) is 17.5. The van der Waals surface area contributed by atoms with Gasteiger partial charge in [-0.25, -0.2) is 4.68 Å². The van der Waals surface area contributed by atoms with Crippen molar-refractivity contribution >= 4 is 11.6 Å². The van der Waals surface area contributed by atoms with Gasteiger partial charge in [0.2, 0.25) is 0 Å². The molecular formula is C23H22N6O. The second-order valence-corrected chi connectivity index (χ2v) is 7.45. The molecule has 4 aromatic rings. The van der Waals surface area contributed by atoms with Gasteiger partial charge in [-0.3, -0.25) is 4.79 Å². The molecule has 1 aliphatic rings. The molecule has 5 rings (SSSR count). The number of para-hydroxylation sites is 1. The van der Waals surface area contributed by atoms with Crippen molar-refractivity contribution in [2.75, 3.05) is 5.32 Å². The number of benzene rings is 2. The molecule has 2 aromatic carbocycles. The highest BCUT2D eigenvalue weighted by Crippen LogP contribution is 2.25. The summed E-state index contributed by atoms with van der Waals surface area (Å²) in [5.74, 6) is 1.71. The van der Waals surface area contributed by atoms with Crippen molar-refractivity contribution in [3.8, 4) is 17.1 Å². The lowest BCUT2D eigenvalue weighted by molar-refractivity contribution is 0.102. The molecule has 7 heteroatoms. The van der Waals surface area contributed by atoms with Crippen LogP contribution in [-0.4, -0.2) is 30.5 Å². The zero-order valence-electron chi connectivity index (χ0n) is 16.5. The van der Waals surface area contributed by atoms with Crippen LogP contribution in [0.25, 0.3) is 17.1 Å². The van der Waals surface area contributed by atoms with Crippen LogP contribution >= 0.6 is 0 Å². The van der Waals surface area contributed by atoms with E-state index in [1.54, 1.807) is 17.1 Å². The van der Waals surface area contributed by atoms with E-state index in [4.69, 9.17) is 0 Å². The summed E-state index contributed by atoms with van der Waals surface area (Å²) in [5.41, 5.74) is 3.08. The number of aromatic nitrogens is 5. The van der Waals surface area contributed by atoms with Crippen molar-refractivity contribution < 1.29 is 4.79 Å². The van der Waals surface area contributed by atoms with E-state index >= 15 is 0 Å². The molecule has 0 bridgehead atoms. The molecule has 0 aliphatic carbocycles. The molecule has 7 nitrogen and oxygen atoms in total. The maximum atomic E-state index is 12.7. The number of nitrogens with one attached hydrogen (secondary N) is 1. The summed E-state index contributed by atoms with van der Waals surface area (Å²) in [5, 5.41) is 16.1. The molecule has 0 atom stereocenters. The highest BCUT2D eigenvalue weighted by Gasteiger charge is 2.17. The van der Waals surface area contributed by atoms with Gasteiger partial charge in [0.05, 0.1) is 17.4 Å². The lowest BCUT2D eigenvalue weighted by atomic mass is 10.1. The SMILES string of the molecule is O=C(Nc1cccc(-c2nnc3n2CCCCC3)c1)c1cnn(-c2ccccc2)c1. The Kier molecular flexibility index (Phi) is 4.85. The Morgan fingerprint density at radius 3 is 2.77 bits per heavy atom. The van der Waals surface area contributed by atoms with Crippen LogP contribution in [0.1, 0.15) is 35.4 Å². The highest BCUT2D eigenvalue weighted by molar-refractivity contribution is 6.04. The number of rotatable bonds is 4. The Morgan fingerprint density at radius 1 is 0.967 bits per heavy atom. The fraction of sp³-hybridized carbons (Fsp3) is 0.217. The summed E-state index contributed by atoms with van der Waals surface area (Å²) in [6.07, 6.45) is 7.78. The minimum atomic E-state index is -0.200. The number of fused-ring (bicyclic) bond motifs is 1. The lowest BCUT2D eigenvalue weighted by Gasteiger charge is -2.09. The number of hydrogen-bond donors (Lipinski definition) is 1. The molecule has 1 N–H and O–H groups in total. The third-order valence-electron chi connectivity index (χ3n) is 5.35. The van der Waals surface area contributed by atoms with E-state index in [0.717, 1.165) is 54.4 Å². The van der Waals surface area contributed by atoms with Gasteiger partial charge in [0.15, 0.2) is 5.82 Å². The van der Waals surface area contributed by atoms with Gasteiger partial charge in [0.1, 0.15) is 5.82 Å². The predicted molar refractivity (Wildman–Crippen MR) is 115 cm³/mol. The minimum Gasteiger partial charge on any atom is -0.322 e. The number of carbonyl (C=O) groups excluding carboxylic acids is 1. The smallest absolute Gasteiger partial charge is 0.258 e. The molecule has 0 unspecified atom stereocenters. The quantitative estimate of drug-likeness (QED) is 0.561. The number of hydrogen-bond acceptors (Lipinski definition) is 4. The van der Waals surface area contributed by atoms with E-state index in [-0.39, 0.29) is 5.91 Å². The lowest BCUT2D eigenvalue weighted by Crippen LogP contribution is -2.11. The van der Waals surface area contributed by atoms with Gasteiger partial charge in [-0.05, 0) is 37.1 Å². The zero-order valence-corrected chi connectivity index (χ0v) is 16.5. The third kappa shape index (κ3) is 3.61. The maximum absolute atomic E-state index is 12.7. The van der Waals surface area contributed by atoms with Gasteiger partial charge in [-0.15, -0.1) is 10.2 Å². The molecule has 0 saturated carbocycles. The van der Waals surface area contributed by atoms with Crippen LogP contribution in [0.15, 0.2) is 67.0 Å². The standard InChI is InChI=1S/C23H22N6O/c30-23(18-15-24-29(16-18)20-10-3-1-4-11-20)25-19-9-7-8-17(14-19)22-27-26-21-12-5-2-6-13-28(21)22/h1,3-4,7-11,14-16H,2,5-6,12-13H2,(H,25,30). The minimum absolute atomic E-state index is 0.200. The third-order valence-corrected chi connectivity index (χ3v) is 5.35. The van der Waals surface area contributed by atoms with Gasteiger partial charge >= 0.3 is 0 Å². The van der Waals surface area contributed by atoms with Crippen molar-refractivity contribution in [2.45, 2.75) is 32.2 Å². The monoisotopic (exact) mass is 398 g/mol. The first-order valence-corrected chi connectivity index (χ1v) is 10.2. The second-order valence-electron chi connectivity index (χ2n) is 7.45. The van der Waals surface area contributed by atoms with E-state index in [2.05, 4.69) is 25.2 Å². The molecule has 1 aliphatic heterocycles. The number of amides is 1. The summed E-state index contributed by atoms with van der Waals surface area (Å²) in [4.78, 5) is 12.7. The average Bonchev–Trinajstić information content (AvgIpc) is 3.37.